The molecule has 1 N–H and O–H groups in total. The van der Waals surface area contributed by atoms with Gasteiger partial charge in [0.1, 0.15) is 0 Å². The Bertz CT molecular complexity index is 676. The summed E-state index contributed by atoms with van der Waals surface area (Å²) in [5.74, 6) is 0. The number of anilines is 1. The summed E-state index contributed by atoms with van der Waals surface area (Å²) < 4.78 is 0. The molecule has 0 aromatic heterocycles. The quantitative estimate of drug-likeness (QED) is 0.540. The number of nitrogens with one attached hydrogen (secondary N) is 1. The average molecular weight is 317 g/mol. The zero-order valence-electron chi connectivity index (χ0n) is 11.2. The van der Waals surface area contributed by atoms with E-state index in [0.717, 1.165) is 11.4 Å². The van der Waals surface area contributed by atoms with E-state index < -0.39 is 0 Å². The van der Waals surface area contributed by atoms with Gasteiger partial charge >= 0.3 is 0 Å². The fourth-order valence-electron chi connectivity index (χ4n) is 1.58. The highest BCUT2D eigenvalue weighted by Gasteiger charge is 1.89. The van der Waals surface area contributed by atoms with Crippen molar-refractivity contribution in [3.63, 3.8) is 0 Å². The second kappa shape index (κ2) is 8.30. The third-order valence-corrected chi connectivity index (χ3v) is 2.98. The fourth-order valence-corrected chi connectivity index (χ4v) is 1.95. The molecule has 0 aliphatic heterocycles. The smallest absolute Gasteiger partial charge is 0.0644 e. The minimum atomic E-state index is 0.680. The van der Waals surface area contributed by atoms with Gasteiger partial charge in [0.25, 0.3) is 0 Å². The first-order valence-corrected chi connectivity index (χ1v) is 7.13. The molecule has 2 aromatic carbocycles. The van der Waals surface area contributed by atoms with E-state index in [-0.39, 0.29) is 0 Å². The molecule has 0 heterocycles. The van der Waals surface area contributed by atoms with Crippen molar-refractivity contribution < 1.29 is 0 Å². The monoisotopic (exact) mass is 316 g/mol. The Morgan fingerprint density at radius 2 is 1.62 bits per heavy atom. The van der Waals surface area contributed by atoms with Crippen LogP contribution in [0.1, 0.15) is 0 Å². The van der Waals surface area contributed by atoms with Gasteiger partial charge < -0.3 is 5.32 Å². The molecular formula is C17H14Cl2N2. The van der Waals surface area contributed by atoms with Crippen molar-refractivity contribution in [1.82, 2.24) is 0 Å². The van der Waals surface area contributed by atoms with Gasteiger partial charge in [-0.1, -0.05) is 41.4 Å². The van der Waals surface area contributed by atoms with Crippen LogP contribution in [0.15, 0.2) is 78.0 Å². The minimum Gasteiger partial charge on any atom is -0.362 e. The van der Waals surface area contributed by atoms with Crippen LogP contribution in [0.3, 0.4) is 0 Å². The molecule has 106 valence electrons. The Labute approximate surface area is 134 Å². The fraction of sp³-hybridized carbons (Fsp3) is 0. The van der Waals surface area contributed by atoms with Gasteiger partial charge in [-0.15, -0.1) is 0 Å². The van der Waals surface area contributed by atoms with E-state index in [1.54, 1.807) is 6.21 Å². The molecule has 0 spiro atoms. The molecule has 0 fully saturated rings. The maximum Gasteiger partial charge on any atom is 0.0644 e. The van der Waals surface area contributed by atoms with Crippen molar-refractivity contribution in [1.29, 1.82) is 0 Å². The Balaban J connectivity index is 1.81. The van der Waals surface area contributed by atoms with Crippen LogP contribution in [0.5, 0.6) is 0 Å². The van der Waals surface area contributed by atoms with Gasteiger partial charge in [-0.2, -0.15) is 0 Å². The van der Waals surface area contributed by atoms with Crippen molar-refractivity contribution in [3.05, 3.63) is 83.0 Å². The van der Waals surface area contributed by atoms with E-state index in [1.165, 1.54) is 0 Å². The lowest BCUT2D eigenvalue weighted by atomic mass is 10.3. The molecule has 0 unspecified atom stereocenters. The first kappa shape index (κ1) is 15.4. The molecule has 0 saturated carbocycles. The number of rotatable bonds is 5. The summed E-state index contributed by atoms with van der Waals surface area (Å²) in [6, 6.07) is 14.9. The lowest BCUT2D eigenvalue weighted by molar-refractivity contribution is 1.54. The number of halogens is 2. The standard InChI is InChI=1S/C17H14Cl2N2/c18-14-6-4-8-16(12-14)20-10-2-1-3-11-21-17-9-5-7-15(19)13-17/h1-13,20H. The van der Waals surface area contributed by atoms with Gasteiger partial charge in [-0.05, 0) is 48.6 Å². The van der Waals surface area contributed by atoms with Crippen LogP contribution >= 0.6 is 23.2 Å². The van der Waals surface area contributed by atoms with Crippen LogP contribution in [-0.2, 0) is 0 Å². The number of benzene rings is 2. The van der Waals surface area contributed by atoms with Crippen molar-refractivity contribution in [2.75, 3.05) is 5.32 Å². The predicted octanol–water partition coefficient (Wildman–Crippen LogP) is 5.88. The molecular weight excluding hydrogens is 303 g/mol. The molecule has 2 aromatic rings. The Morgan fingerprint density at radius 3 is 2.38 bits per heavy atom. The van der Waals surface area contributed by atoms with E-state index in [4.69, 9.17) is 23.2 Å². The van der Waals surface area contributed by atoms with Crippen LogP contribution in [0.2, 0.25) is 10.0 Å². The zero-order chi connectivity index (χ0) is 14.9. The Morgan fingerprint density at radius 1 is 0.857 bits per heavy atom. The van der Waals surface area contributed by atoms with E-state index in [9.17, 15) is 0 Å². The highest BCUT2D eigenvalue weighted by atomic mass is 35.5. The molecule has 2 rings (SSSR count). The van der Waals surface area contributed by atoms with Gasteiger partial charge in [-0.3, -0.25) is 4.99 Å². The molecule has 0 amide bonds. The van der Waals surface area contributed by atoms with E-state index in [1.807, 2.05) is 73.0 Å². The molecule has 21 heavy (non-hydrogen) atoms. The predicted molar refractivity (Wildman–Crippen MR) is 93.0 cm³/mol. The normalized spacial score (nSPS) is 11.7. The second-order valence-electron chi connectivity index (χ2n) is 4.16. The molecule has 0 bridgehead atoms. The summed E-state index contributed by atoms with van der Waals surface area (Å²) in [5, 5.41) is 4.51. The van der Waals surface area contributed by atoms with Gasteiger partial charge in [0.2, 0.25) is 0 Å². The van der Waals surface area contributed by atoms with Gasteiger partial charge in [0.05, 0.1) is 5.69 Å². The van der Waals surface area contributed by atoms with Gasteiger partial charge in [0, 0.05) is 28.1 Å². The summed E-state index contributed by atoms with van der Waals surface area (Å²) in [6.45, 7) is 0. The molecule has 0 radical (unpaired) electrons. The average Bonchev–Trinajstić information content (AvgIpc) is 2.46. The third kappa shape index (κ3) is 5.86. The molecule has 0 atom stereocenters. The van der Waals surface area contributed by atoms with Crippen LogP contribution in [0.25, 0.3) is 0 Å². The van der Waals surface area contributed by atoms with Crippen LogP contribution < -0.4 is 5.32 Å². The summed E-state index contributed by atoms with van der Waals surface area (Å²) >= 11 is 11.8. The molecule has 0 aliphatic carbocycles. The van der Waals surface area contributed by atoms with Crippen molar-refractivity contribution >= 4 is 40.8 Å². The van der Waals surface area contributed by atoms with E-state index in [2.05, 4.69) is 10.3 Å². The van der Waals surface area contributed by atoms with E-state index >= 15 is 0 Å². The lowest BCUT2D eigenvalue weighted by Gasteiger charge is -1.99. The summed E-state index contributed by atoms with van der Waals surface area (Å²) in [5.41, 5.74) is 1.77. The highest BCUT2D eigenvalue weighted by Crippen LogP contribution is 2.17. The van der Waals surface area contributed by atoms with Crippen LogP contribution in [0, 0.1) is 0 Å². The first-order valence-electron chi connectivity index (χ1n) is 6.37. The van der Waals surface area contributed by atoms with E-state index in [0.29, 0.717) is 10.0 Å². The van der Waals surface area contributed by atoms with Crippen molar-refractivity contribution in [2.24, 2.45) is 4.99 Å². The summed E-state index contributed by atoms with van der Waals surface area (Å²) in [6.07, 6.45) is 9.15. The largest absolute Gasteiger partial charge is 0.362 e. The summed E-state index contributed by atoms with van der Waals surface area (Å²) in [4.78, 5) is 4.27. The SMILES string of the molecule is Clc1cccc(N=CC=CC=CNc2cccc(Cl)c2)c1. The van der Waals surface area contributed by atoms with Crippen LogP contribution in [0.4, 0.5) is 11.4 Å². The maximum absolute atomic E-state index is 5.89. The zero-order valence-corrected chi connectivity index (χ0v) is 12.7. The van der Waals surface area contributed by atoms with Gasteiger partial charge in [-0.25, -0.2) is 0 Å². The second-order valence-corrected chi connectivity index (χ2v) is 5.03. The molecule has 0 aliphatic rings. The number of allylic oxidation sites excluding steroid dienone is 3. The highest BCUT2D eigenvalue weighted by molar-refractivity contribution is 6.31. The lowest BCUT2D eigenvalue weighted by Crippen LogP contribution is -1.85. The molecule has 4 heteroatoms. The number of hydrogen-bond donors (Lipinski definition) is 1. The Hall–Kier alpha value is -2.03. The number of nitrogens with zero attached hydrogens (tertiary/aromatic N) is 1. The van der Waals surface area contributed by atoms with Gasteiger partial charge in [0.15, 0.2) is 0 Å². The number of aliphatic imine (C=N–C) groups is 1. The molecule has 2 nitrogen and oxygen atoms in total. The third-order valence-electron chi connectivity index (χ3n) is 2.51. The van der Waals surface area contributed by atoms with Crippen LogP contribution in [-0.4, -0.2) is 6.21 Å². The first-order chi connectivity index (χ1) is 10.2. The Kier molecular flexibility index (Phi) is 6.07. The topological polar surface area (TPSA) is 24.4 Å². The maximum atomic E-state index is 5.89. The molecule has 0 saturated heterocycles. The van der Waals surface area contributed by atoms with Crippen molar-refractivity contribution in [2.45, 2.75) is 0 Å². The number of hydrogen-bond acceptors (Lipinski definition) is 2. The minimum absolute atomic E-state index is 0.680. The summed E-state index contributed by atoms with van der Waals surface area (Å²) in [7, 11) is 0. The van der Waals surface area contributed by atoms with Crippen molar-refractivity contribution in [3.8, 4) is 0 Å².